The normalized spacial score (nSPS) is 13.8. The molecule has 21 heavy (non-hydrogen) atoms. The van der Waals surface area contributed by atoms with Crippen LogP contribution in [0.15, 0.2) is 24.3 Å². The Morgan fingerprint density at radius 3 is 2.48 bits per heavy atom. The highest BCUT2D eigenvalue weighted by Crippen LogP contribution is 2.24. The molecule has 116 valence electrons. The van der Waals surface area contributed by atoms with Gasteiger partial charge in [0.1, 0.15) is 5.82 Å². The fraction of sp³-hybridized carbons (Fsp3) is 0.588. The summed E-state index contributed by atoms with van der Waals surface area (Å²) in [5.41, 5.74) is 1.01. The summed E-state index contributed by atoms with van der Waals surface area (Å²) in [6.45, 7) is 6.81. The van der Waals surface area contributed by atoms with Gasteiger partial charge in [0.05, 0.1) is 22.7 Å². The van der Waals surface area contributed by atoms with E-state index < -0.39 is 11.7 Å². The number of aliphatic hydroxyl groups excluding tert-OH is 1. The van der Waals surface area contributed by atoms with Crippen molar-refractivity contribution in [1.29, 1.82) is 0 Å². The highest BCUT2D eigenvalue weighted by Gasteiger charge is 2.33. The molecule has 0 aliphatic heterocycles. The predicted molar refractivity (Wildman–Crippen MR) is 85.3 cm³/mol. The first kappa shape index (κ1) is 16.0. The van der Waals surface area contributed by atoms with Gasteiger partial charge in [0.15, 0.2) is 0 Å². The van der Waals surface area contributed by atoms with Crippen LogP contribution in [0.25, 0.3) is 11.0 Å². The second kappa shape index (κ2) is 6.58. The second-order valence-corrected chi connectivity index (χ2v) is 5.70. The first-order valence-corrected chi connectivity index (χ1v) is 7.90. The molecule has 0 saturated heterocycles. The Labute approximate surface area is 126 Å². The predicted octanol–water partition coefficient (Wildman–Crippen LogP) is 2.90. The van der Waals surface area contributed by atoms with Crippen molar-refractivity contribution in [2.24, 2.45) is 0 Å². The molecule has 0 amide bonds. The van der Waals surface area contributed by atoms with E-state index in [4.69, 9.17) is 0 Å². The monoisotopic (exact) mass is 290 g/mol. The number of aryl methyl sites for hydroxylation is 1. The summed E-state index contributed by atoms with van der Waals surface area (Å²) < 4.78 is 2.16. The smallest absolute Gasteiger partial charge is 0.112 e. The molecule has 1 unspecified atom stereocenters. The van der Waals surface area contributed by atoms with Crippen molar-refractivity contribution < 1.29 is 10.2 Å². The average molecular weight is 290 g/mol. The molecule has 1 aromatic carbocycles. The van der Waals surface area contributed by atoms with E-state index in [0.717, 1.165) is 29.8 Å². The van der Waals surface area contributed by atoms with E-state index in [0.29, 0.717) is 19.3 Å². The molecule has 1 aromatic heterocycles. The van der Waals surface area contributed by atoms with Gasteiger partial charge in [0.2, 0.25) is 0 Å². The maximum atomic E-state index is 10.5. The molecule has 2 rings (SSSR count). The van der Waals surface area contributed by atoms with Crippen LogP contribution < -0.4 is 0 Å². The van der Waals surface area contributed by atoms with Crippen molar-refractivity contribution in [3.05, 3.63) is 30.1 Å². The number of rotatable bonds is 7. The number of para-hydroxylation sites is 2. The van der Waals surface area contributed by atoms with Gasteiger partial charge in [-0.05, 0) is 31.4 Å². The minimum absolute atomic E-state index is 0.382. The van der Waals surface area contributed by atoms with E-state index in [9.17, 15) is 10.2 Å². The molecule has 2 aromatic rings. The highest BCUT2D eigenvalue weighted by molar-refractivity contribution is 5.75. The van der Waals surface area contributed by atoms with Crippen LogP contribution in [0.2, 0.25) is 0 Å². The molecule has 0 fully saturated rings. The zero-order chi connectivity index (χ0) is 15.5. The third-order valence-corrected chi connectivity index (χ3v) is 4.40. The number of aliphatic hydroxyl groups is 2. The summed E-state index contributed by atoms with van der Waals surface area (Å²) in [6, 6.07) is 8.02. The van der Waals surface area contributed by atoms with E-state index in [1.165, 1.54) is 0 Å². The van der Waals surface area contributed by atoms with Crippen LogP contribution >= 0.6 is 0 Å². The largest absolute Gasteiger partial charge is 0.390 e. The molecular formula is C17H26N2O2. The maximum Gasteiger partial charge on any atom is 0.112 e. The Morgan fingerprint density at radius 1 is 1.19 bits per heavy atom. The van der Waals surface area contributed by atoms with Crippen LogP contribution in [0, 0.1) is 0 Å². The lowest BCUT2D eigenvalue weighted by Crippen LogP contribution is -2.42. The Balaban J connectivity index is 2.35. The molecule has 0 bridgehead atoms. The lowest BCUT2D eigenvalue weighted by atomic mass is 9.88. The summed E-state index contributed by atoms with van der Waals surface area (Å²) in [5.74, 6) is 0.853. The molecule has 0 aliphatic carbocycles. The van der Waals surface area contributed by atoms with E-state index in [2.05, 4.69) is 22.5 Å². The summed E-state index contributed by atoms with van der Waals surface area (Å²) in [5, 5.41) is 20.9. The summed E-state index contributed by atoms with van der Waals surface area (Å²) in [6.07, 6.45) is 1.68. The van der Waals surface area contributed by atoms with Crippen LogP contribution in [-0.4, -0.2) is 31.5 Å². The third kappa shape index (κ3) is 3.11. The SMILES string of the molecule is CCCn1c(CC(O)C(O)(CC)CC)nc2ccccc21. The fourth-order valence-electron chi connectivity index (χ4n) is 2.84. The molecule has 1 heterocycles. The Morgan fingerprint density at radius 2 is 1.86 bits per heavy atom. The zero-order valence-corrected chi connectivity index (χ0v) is 13.2. The van der Waals surface area contributed by atoms with Gasteiger partial charge < -0.3 is 14.8 Å². The van der Waals surface area contributed by atoms with Crippen molar-refractivity contribution >= 4 is 11.0 Å². The topological polar surface area (TPSA) is 58.3 Å². The van der Waals surface area contributed by atoms with Crippen molar-refractivity contribution in [1.82, 2.24) is 9.55 Å². The average Bonchev–Trinajstić information content (AvgIpc) is 2.84. The summed E-state index contributed by atoms with van der Waals surface area (Å²) >= 11 is 0. The van der Waals surface area contributed by atoms with Gasteiger partial charge in [-0.2, -0.15) is 0 Å². The van der Waals surface area contributed by atoms with E-state index >= 15 is 0 Å². The van der Waals surface area contributed by atoms with Gasteiger partial charge in [0, 0.05) is 13.0 Å². The van der Waals surface area contributed by atoms with Crippen LogP contribution in [0.4, 0.5) is 0 Å². The molecular weight excluding hydrogens is 264 g/mol. The molecule has 0 aliphatic rings. The van der Waals surface area contributed by atoms with Gasteiger partial charge in [-0.25, -0.2) is 4.98 Å². The van der Waals surface area contributed by atoms with Crippen molar-refractivity contribution in [2.75, 3.05) is 0 Å². The lowest BCUT2D eigenvalue weighted by molar-refractivity contribution is -0.0799. The minimum atomic E-state index is -1.03. The van der Waals surface area contributed by atoms with Gasteiger partial charge in [-0.15, -0.1) is 0 Å². The first-order chi connectivity index (χ1) is 10.1. The van der Waals surface area contributed by atoms with Crippen molar-refractivity contribution in [2.45, 2.75) is 64.7 Å². The van der Waals surface area contributed by atoms with Crippen molar-refractivity contribution in [3.8, 4) is 0 Å². The van der Waals surface area contributed by atoms with Crippen LogP contribution in [0.3, 0.4) is 0 Å². The maximum absolute atomic E-state index is 10.5. The molecule has 0 radical (unpaired) electrons. The van der Waals surface area contributed by atoms with Crippen LogP contribution in [0.1, 0.15) is 45.9 Å². The highest BCUT2D eigenvalue weighted by atomic mass is 16.3. The number of hydrogen-bond acceptors (Lipinski definition) is 3. The Hall–Kier alpha value is -1.39. The summed E-state index contributed by atoms with van der Waals surface area (Å²) in [4.78, 5) is 4.65. The molecule has 4 nitrogen and oxygen atoms in total. The first-order valence-electron chi connectivity index (χ1n) is 7.90. The zero-order valence-electron chi connectivity index (χ0n) is 13.2. The fourth-order valence-corrected chi connectivity index (χ4v) is 2.84. The van der Waals surface area contributed by atoms with Gasteiger partial charge in [0.25, 0.3) is 0 Å². The van der Waals surface area contributed by atoms with Crippen molar-refractivity contribution in [3.63, 3.8) is 0 Å². The summed E-state index contributed by atoms with van der Waals surface area (Å²) in [7, 11) is 0. The molecule has 0 saturated carbocycles. The van der Waals surface area contributed by atoms with Crippen LogP contribution in [-0.2, 0) is 13.0 Å². The van der Waals surface area contributed by atoms with Gasteiger partial charge in [-0.1, -0.05) is 32.9 Å². The van der Waals surface area contributed by atoms with E-state index in [1.807, 2.05) is 32.0 Å². The number of hydrogen-bond donors (Lipinski definition) is 2. The third-order valence-electron chi connectivity index (χ3n) is 4.40. The van der Waals surface area contributed by atoms with E-state index in [1.54, 1.807) is 0 Å². The molecule has 2 N–H and O–H groups in total. The second-order valence-electron chi connectivity index (χ2n) is 5.70. The molecule has 4 heteroatoms. The van der Waals surface area contributed by atoms with Gasteiger partial charge >= 0.3 is 0 Å². The quantitative estimate of drug-likeness (QED) is 0.824. The Bertz CT molecular complexity index is 587. The number of nitrogens with zero attached hydrogens (tertiary/aromatic N) is 2. The Kier molecular flexibility index (Phi) is 5.01. The van der Waals surface area contributed by atoms with Gasteiger partial charge in [-0.3, -0.25) is 0 Å². The number of imidazole rings is 1. The standard InChI is InChI=1S/C17H26N2O2/c1-4-11-19-14-10-8-7-9-13(14)18-16(19)12-15(20)17(21,5-2)6-3/h7-10,15,20-21H,4-6,11-12H2,1-3H3. The number of fused-ring (bicyclic) bond motifs is 1. The lowest BCUT2D eigenvalue weighted by Gasteiger charge is -2.30. The van der Waals surface area contributed by atoms with Crippen LogP contribution in [0.5, 0.6) is 0 Å². The number of benzene rings is 1. The molecule has 0 spiro atoms. The minimum Gasteiger partial charge on any atom is -0.390 e. The molecule has 1 atom stereocenters. The van der Waals surface area contributed by atoms with E-state index in [-0.39, 0.29) is 0 Å². The number of aromatic nitrogens is 2.